The lowest BCUT2D eigenvalue weighted by atomic mass is 9.99. The van der Waals surface area contributed by atoms with Gasteiger partial charge in [-0.15, -0.1) is 0 Å². The Morgan fingerprint density at radius 3 is 2.45 bits per heavy atom. The van der Waals surface area contributed by atoms with Gasteiger partial charge in [0.25, 0.3) is 0 Å². The molecule has 20 heavy (non-hydrogen) atoms. The minimum Gasteiger partial charge on any atom is -0.298 e. The van der Waals surface area contributed by atoms with Crippen molar-refractivity contribution in [1.29, 1.82) is 0 Å². The maximum atomic E-state index is 12.5. The van der Waals surface area contributed by atoms with E-state index in [1.54, 1.807) is 36.5 Å². The van der Waals surface area contributed by atoms with Crippen LogP contribution in [-0.4, -0.2) is 17.1 Å². The Hall–Kier alpha value is -2.81. The highest BCUT2D eigenvalue weighted by Gasteiger charge is 2.12. The Morgan fingerprint density at radius 2 is 1.70 bits per heavy atom. The van der Waals surface area contributed by atoms with Crippen LogP contribution >= 0.6 is 0 Å². The van der Waals surface area contributed by atoms with Gasteiger partial charge in [-0.25, -0.2) is 0 Å². The third-order valence-electron chi connectivity index (χ3n) is 3.20. The van der Waals surface area contributed by atoms with Gasteiger partial charge >= 0.3 is 0 Å². The molecule has 3 rings (SSSR count). The number of para-hydroxylation sites is 1. The van der Waals surface area contributed by atoms with E-state index in [9.17, 15) is 9.59 Å². The van der Waals surface area contributed by atoms with Gasteiger partial charge in [0.2, 0.25) is 0 Å². The standard InChI is InChI=1S/C17H11NO2/c19-11-12-5-7-13(8-6-12)17(20)15-9-10-18-16-4-2-1-3-14(15)16/h1-11H. The van der Waals surface area contributed by atoms with Crippen molar-refractivity contribution < 1.29 is 9.59 Å². The van der Waals surface area contributed by atoms with Gasteiger partial charge in [-0.3, -0.25) is 14.6 Å². The second-order valence-corrected chi connectivity index (χ2v) is 4.44. The normalized spacial score (nSPS) is 10.4. The minimum atomic E-state index is -0.0685. The van der Waals surface area contributed by atoms with Gasteiger partial charge in [0.15, 0.2) is 5.78 Å². The minimum absolute atomic E-state index is 0.0685. The number of rotatable bonds is 3. The van der Waals surface area contributed by atoms with Gasteiger partial charge in [-0.1, -0.05) is 42.5 Å². The predicted molar refractivity (Wildman–Crippen MR) is 77.0 cm³/mol. The smallest absolute Gasteiger partial charge is 0.193 e. The van der Waals surface area contributed by atoms with Gasteiger partial charge in [-0.05, 0) is 12.1 Å². The second-order valence-electron chi connectivity index (χ2n) is 4.44. The Balaban J connectivity index is 2.10. The molecule has 0 aliphatic rings. The number of nitrogens with zero attached hydrogens (tertiary/aromatic N) is 1. The van der Waals surface area contributed by atoms with E-state index >= 15 is 0 Å². The van der Waals surface area contributed by atoms with Gasteiger partial charge in [0.05, 0.1) is 5.52 Å². The van der Waals surface area contributed by atoms with Crippen LogP contribution in [0.2, 0.25) is 0 Å². The zero-order chi connectivity index (χ0) is 13.9. The Kier molecular flexibility index (Phi) is 3.09. The average Bonchev–Trinajstić information content (AvgIpc) is 2.54. The summed E-state index contributed by atoms with van der Waals surface area (Å²) < 4.78 is 0. The van der Waals surface area contributed by atoms with Gasteiger partial charge in [0.1, 0.15) is 6.29 Å². The molecule has 0 aliphatic carbocycles. The van der Waals surface area contributed by atoms with Gasteiger partial charge in [0, 0.05) is 28.3 Å². The van der Waals surface area contributed by atoms with E-state index in [1.807, 2.05) is 24.3 Å². The molecule has 0 unspecified atom stereocenters. The summed E-state index contributed by atoms with van der Waals surface area (Å²) >= 11 is 0. The maximum absolute atomic E-state index is 12.5. The first-order valence-corrected chi connectivity index (χ1v) is 6.23. The molecular weight excluding hydrogens is 250 g/mol. The molecule has 0 aliphatic heterocycles. The first-order chi connectivity index (χ1) is 9.79. The van der Waals surface area contributed by atoms with Crippen LogP contribution in [0.1, 0.15) is 26.3 Å². The predicted octanol–water partition coefficient (Wildman–Crippen LogP) is 3.28. The number of hydrogen-bond acceptors (Lipinski definition) is 3. The topological polar surface area (TPSA) is 47.0 Å². The Labute approximate surface area is 115 Å². The molecule has 2 aromatic carbocycles. The quantitative estimate of drug-likeness (QED) is 0.537. The van der Waals surface area contributed by atoms with Crippen molar-refractivity contribution in [2.45, 2.75) is 0 Å². The number of benzene rings is 2. The molecular formula is C17H11NO2. The highest BCUT2D eigenvalue weighted by Crippen LogP contribution is 2.19. The summed E-state index contributed by atoms with van der Waals surface area (Å²) in [7, 11) is 0. The molecule has 3 heteroatoms. The van der Waals surface area contributed by atoms with E-state index in [2.05, 4.69) is 4.98 Å². The molecule has 1 heterocycles. The summed E-state index contributed by atoms with van der Waals surface area (Å²) in [6.45, 7) is 0. The average molecular weight is 261 g/mol. The van der Waals surface area contributed by atoms with Crippen LogP contribution in [0.3, 0.4) is 0 Å². The third kappa shape index (κ3) is 2.10. The largest absolute Gasteiger partial charge is 0.298 e. The van der Waals surface area contributed by atoms with Crippen molar-refractivity contribution in [3.05, 3.63) is 77.5 Å². The van der Waals surface area contributed by atoms with Crippen molar-refractivity contribution in [3.8, 4) is 0 Å². The Bertz CT molecular complexity index is 786. The van der Waals surface area contributed by atoms with Crippen LogP contribution in [0.4, 0.5) is 0 Å². The molecule has 0 atom stereocenters. The number of fused-ring (bicyclic) bond motifs is 1. The van der Waals surface area contributed by atoms with Gasteiger partial charge < -0.3 is 0 Å². The van der Waals surface area contributed by atoms with Crippen molar-refractivity contribution in [2.24, 2.45) is 0 Å². The molecule has 96 valence electrons. The van der Waals surface area contributed by atoms with E-state index in [-0.39, 0.29) is 5.78 Å². The van der Waals surface area contributed by atoms with E-state index < -0.39 is 0 Å². The molecule has 1 aromatic heterocycles. The van der Waals surface area contributed by atoms with Crippen molar-refractivity contribution >= 4 is 23.0 Å². The van der Waals surface area contributed by atoms with E-state index in [1.165, 1.54) is 0 Å². The Morgan fingerprint density at radius 1 is 0.950 bits per heavy atom. The SMILES string of the molecule is O=Cc1ccc(C(=O)c2ccnc3ccccc23)cc1. The van der Waals surface area contributed by atoms with E-state index in [0.29, 0.717) is 16.7 Å². The molecule has 0 N–H and O–H groups in total. The molecule has 0 bridgehead atoms. The van der Waals surface area contributed by atoms with Crippen LogP contribution in [-0.2, 0) is 0 Å². The molecule has 3 nitrogen and oxygen atoms in total. The van der Waals surface area contributed by atoms with Crippen LogP contribution < -0.4 is 0 Å². The number of aromatic nitrogens is 1. The fraction of sp³-hybridized carbons (Fsp3) is 0. The summed E-state index contributed by atoms with van der Waals surface area (Å²) in [6, 6.07) is 15.9. The number of pyridine rings is 1. The van der Waals surface area contributed by atoms with Crippen LogP contribution in [0.15, 0.2) is 60.8 Å². The van der Waals surface area contributed by atoms with Crippen LogP contribution in [0, 0.1) is 0 Å². The molecule has 0 saturated heterocycles. The first kappa shape index (κ1) is 12.2. The maximum Gasteiger partial charge on any atom is 0.193 e. The fourth-order valence-corrected chi connectivity index (χ4v) is 2.16. The lowest BCUT2D eigenvalue weighted by Crippen LogP contribution is -2.02. The lowest BCUT2D eigenvalue weighted by molar-refractivity contribution is 0.103. The third-order valence-corrected chi connectivity index (χ3v) is 3.20. The number of carbonyl (C=O) groups excluding carboxylic acids is 2. The summed E-state index contributed by atoms with van der Waals surface area (Å²) in [6.07, 6.45) is 2.39. The number of ketones is 1. The molecule has 0 spiro atoms. The molecule has 0 fully saturated rings. The zero-order valence-electron chi connectivity index (χ0n) is 10.6. The fourth-order valence-electron chi connectivity index (χ4n) is 2.16. The number of carbonyl (C=O) groups is 2. The van der Waals surface area contributed by atoms with Crippen LogP contribution in [0.25, 0.3) is 10.9 Å². The summed E-state index contributed by atoms with van der Waals surface area (Å²) in [5, 5.41) is 0.833. The van der Waals surface area contributed by atoms with Crippen molar-refractivity contribution in [2.75, 3.05) is 0 Å². The summed E-state index contributed by atoms with van der Waals surface area (Å²) in [5.41, 5.74) is 2.53. The lowest BCUT2D eigenvalue weighted by Gasteiger charge is -2.05. The number of aldehydes is 1. The molecule has 3 aromatic rings. The van der Waals surface area contributed by atoms with E-state index in [0.717, 1.165) is 17.2 Å². The number of hydrogen-bond donors (Lipinski definition) is 0. The van der Waals surface area contributed by atoms with Crippen molar-refractivity contribution in [3.63, 3.8) is 0 Å². The van der Waals surface area contributed by atoms with E-state index in [4.69, 9.17) is 0 Å². The van der Waals surface area contributed by atoms with Gasteiger partial charge in [-0.2, -0.15) is 0 Å². The highest BCUT2D eigenvalue weighted by atomic mass is 16.1. The molecule has 0 saturated carbocycles. The van der Waals surface area contributed by atoms with Crippen LogP contribution in [0.5, 0.6) is 0 Å². The summed E-state index contributed by atoms with van der Waals surface area (Å²) in [5.74, 6) is -0.0685. The summed E-state index contributed by atoms with van der Waals surface area (Å²) in [4.78, 5) is 27.4. The first-order valence-electron chi connectivity index (χ1n) is 6.23. The van der Waals surface area contributed by atoms with Crippen molar-refractivity contribution in [1.82, 2.24) is 4.98 Å². The molecule has 0 radical (unpaired) electrons. The highest BCUT2D eigenvalue weighted by molar-refractivity contribution is 6.15. The second kappa shape index (κ2) is 5.05. The monoisotopic (exact) mass is 261 g/mol. The molecule has 0 amide bonds. The zero-order valence-corrected chi connectivity index (χ0v) is 10.6.